The fourth-order valence-electron chi connectivity index (χ4n) is 4.13. The summed E-state index contributed by atoms with van der Waals surface area (Å²) in [5.74, 6) is -0.401. The van der Waals surface area contributed by atoms with Crippen LogP contribution in [0.2, 0.25) is 0 Å². The number of rotatable bonds is 11. The van der Waals surface area contributed by atoms with Gasteiger partial charge in [0, 0.05) is 19.7 Å². The molecule has 1 aromatic carbocycles. The molecular weight excluding hydrogens is 438 g/mol. The van der Waals surface area contributed by atoms with E-state index in [0.29, 0.717) is 11.3 Å². The molecular formula is C25H33N3O6. The highest BCUT2D eigenvalue weighted by molar-refractivity contribution is 5.95. The van der Waals surface area contributed by atoms with Crippen LogP contribution in [-0.2, 0) is 14.3 Å². The topological polar surface area (TPSA) is 110 Å². The van der Waals surface area contributed by atoms with Gasteiger partial charge in [-0.25, -0.2) is 0 Å². The van der Waals surface area contributed by atoms with E-state index < -0.39 is 17.9 Å². The Hall–Kier alpha value is -3.33. The van der Waals surface area contributed by atoms with Crippen molar-refractivity contribution in [2.75, 3.05) is 33.9 Å². The molecule has 1 heterocycles. The molecule has 2 aromatic rings. The van der Waals surface area contributed by atoms with Gasteiger partial charge < -0.3 is 29.4 Å². The molecule has 9 heteroatoms. The average molecular weight is 472 g/mol. The molecule has 0 radical (unpaired) electrons. The molecule has 184 valence electrons. The molecule has 34 heavy (non-hydrogen) atoms. The van der Waals surface area contributed by atoms with Crippen LogP contribution in [0.1, 0.15) is 54.3 Å². The zero-order valence-corrected chi connectivity index (χ0v) is 19.7. The smallest absolute Gasteiger partial charge is 0.287 e. The van der Waals surface area contributed by atoms with Crippen molar-refractivity contribution >= 4 is 17.7 Å². The number of hydrogen-bond donors (Lipinski definition) is 2. The second kappa shape index (κ2) is 12.8. The Balaban J connectivity index is 1.82. The summed E-state index contributed by atoms with van der Waals surface area (Å²) in [7, 11) is 3.10. The molecule has 1 aromatic heterocycles. The van der Waals surface area contributed by atoms with Gasteiger partial charge in [0.15, 0.2) is 5.76 Å². The predicted octanol–water partition coefficient (Wildman–Crippen LogP) is 2.68. The van der Waals surface area contributed by atoms with Gasteiger partial charge in [-0.2, -0.15) is 0 Å². The number of ether oxygens (including phenoxy) is 2. The normalized spacial score (nSPS) is 14.8. The highest BCUT2D eigenvalue weighted by Crippen LogP contribution is 2.25. The number of carbonyl (C=O) groups is 3. The lowest BCUT2D eigenvalue weighted by atomic mass is 9.94. The summed E-state index contributed by atoms with van der Waals surface area (Å²) >= 11 is 0. The molecule has 9 nitrogen and oxygen atoms in total. The Morgan fingerprint density at radius 3 is 2.44 bits per heavy atom. The Labute approximate surface area is 199 Å². The third-order valence-corrected chi connectivity index (χ3v) is 5.94. The van der Waals surface area contributed by atoms with Crippen molar-refractivity contribution in [3.63, 3.8) is 0 Å². The van der Waals surface area contributed by atoms with Crippen LogP contribution in [0.5, 0.6) is 5.75 Å². The summed E-state index contributed by atoms with van der Waals surface area (Å²) in [5, 5.41) is 5.71. The van der Waals surface area contributed by atoms with Crippen LogP contribution in [0.25, 0.3) is 0 Å². The van der Waals surface area contributed by atoms with Crippen LogP contribution in [0, 0.1) is 0 Å². The fraction of sp³-hybridized carbons (Fsp3) is 0.480. The van der Waals surface area contributed by atoms with Crippen molar-refractivity contribution in [2.45, 2.75) is 44.2 Å². The lowest BCUT2D eigenvalue weighted by Gasteiger charge is -2.33. The van der Waals surface area contributed by atoms with Gasteiger partial charge in [-0.05, 0) is 42.7 Å². The zero-order valence-electron chi connectivity index (χ0n) is 19.7. The minimum atomic E-state index is -0.879. The van der Waals surface area contributed by atoms with Gasteiger partial charge >= 0.3 is 0 Å². The molecule has 1 aliphatic rings. The maximum Gasteiger partial charge on any atom is 0.287 e. The fourth-order valence-corrected chi connectivity index (χ4v) is 4.13. The van der Waals surface area contributed by atoms with E-state index in [9.17, 15) is 14.4 Å². The Morgan fingerprint density at radius 2 is 1.82 bits per heavy atom. The molecule has 0 unspecified atom stereocenters. The molecule has 3 rings (SSSR count). The van der Waals surface area contributed by atoms with E-state index in [1.807, 2.05) is 0 Å². The molecule has 1 fully saturated rings. The number of hydrogen-bond acceptors (Lipinski definition) is 6. The first-order valence-electron chi connectivity index (χ1n) is 11.6. The monoisotopic (exact) mass is 471 g/mol. The highest BCUT2D eigenvalue weighted by Gasteiger charge is 2.33. The first-order chi connectivity index (χ1) is 16.5. The molecule has 1 saturated carbocycles. The maximum absolute atomic E-state index is 13.5. The van der Waals surface area contributed by atoms with Gasteiger partial charge in [0.2, 0.25) is 11.8 Å². The summed E-state index contributed by atoms with van der Waals surface area (Å²) in [4.78, 5) is 40.5. The summed E-state index contributed by atoms with van der Waals surface area (Å²) < 4.78 is 15.5. The van der Waals surface area contributed by atoms with Gasteiger partial charge in [0.1, 0.15) is 11.8 Å². The standard InChI is InChI=1S/C25H33N3O6/c1-32-16-14-28(22(29)17-26-24(30)21-9-6-15-34-21)23(18-10-12-20(33-2)13-11-18)25(31)27-19-7-4-3-5-8-19/h6,9-13,15,19,23H,3-5,7-8,14,16-17H2,1-2H3,(H,26,30)(H,27,31)/t23-/m1/s1. The van der Waals surface area contributed by atoms with Crippen molar-refractivity contribution < 1.29 is 28.3 Å². The summed E-state index contributed by atoms with van der Waals surface area (Å²) in [6, 6.07) is 9.38. The number of amides is 3. The molecule has 2 N–H and O–H groups in total. The van der Waals surface area contributed by atoms with E-state index >= 15 is 0 Å². The minimum Gasteiger partial charge on any atom is -0.497 e. The highest BCUT2D eigenvalue weighted by atomic mass is 16.5. The maximum atomic E-state index is 13.5. The van der Waals surface area contributed by atoms with E-state index in [4.69, 9.17) is 13.9 Å². The summed E-state index contributed by atoms with van der Waals surface area (Å²) in [5.41, 5.74) is 0.649. The number of benzene rings is 1. The number of furan rings is 1. The van der Waals surface area contributed by atoms with Crippen molar-refractivity contribution in [3.05, 3.63) is 54.0 Å². The van der Waals surface area contributed by atoms with Crippen LogP contribution >= 0.6 is 0 Å². The lowest BCUT2D eigenvalue weighted by molar-refractivity contribution is -0.141. The van der Waals surface area contributed by atoms with Crippen molar-refractivity contribution in [2.24, 2.45) is 0 Å². The Kier molecular flexibility index (Phi) is 9.51. The van der Waals surface area contributed by atoms with E-state index in [2.05, 4.69) is 10.6 Å². The summed E-state index contributed by atoms with van der Waals surface area (Å²) in [6.07, 6.45) is 6.55. The summed E-state index contributed by atoms with van der Waals surface area (Å²) in [6.45, 7) is 0.134. The van der Waals surface area contributed by atoms with Crippen LogP contribution in [-0.4, -0.2) is 62.6 Å². The zero-order chi connectivity index (χ0) is 24.3. The van der Waals surface area contributed by atoms with Crippen LogP contribution in [0.3, 0.4) is 0 Å². The van der Waals surface area contributed by atoms with Gasteiger partial charge in [-0.15, -0.1) is 0 Å². The third-order valence-electron chi connectivity index (χ3n) is 5.94. The van der Waals surface area contributed by atoms with E-state index in [1.54, 1.807) is 37.4 Å². The number of carbonyl (C=O) groups excluding carboxylic acids is 3. The molecule has 0 aliphatic heterocycles. The van der Waals surface area contributed by atoms with Crippen molar-refractivity contribution in [3.8, 4) is 5.75 Å². The quantitative estimate of drug-likeness (QED) is 0.521. The van der Waals surface area contributed by atoms with E-state index in [1.165, 1.54) is 30.8 Å². The molecule has 0 bridgehead atoms. The largest absolute Gasteiger partial charge is 0.497 e. The molecule has 0 saturated heterocycles. The number of nitrogens with zero attached hydrogens (tertiary/aromatic N) is 1. The van der Waals surface area contributed by atoms with Gasteiger partial charge in [-0.1, -0.05) is 31.4 Å². The van der Waals surface area contributed by atoms with Crippen LogP contribution in [0.4, 0.5) is 0 Å². The van der Waals surface area contributed by atoms with Gasteiger partial charge in [0.05, 0.1) is 26.5 Å². The Morgan fingerprint density at radius 1 is 1.09 bits per heavy atom. The van der Waals surface area contributed by atoms with Crippen molar-refractivity contribution in [1.29, 1.82) is 0 Å². The predicted molar refractivity (Wildman–Crippen MR) is 125 cm³/mol. The minimum absolute atomic E-state index is 0.0834. The van der Waals surface area contributed by atoms with Crippen molar-refractivity contribution in [1.82, 2.24) is 15.5 Å². The van der Waals surface area contributed by atoms with E-state index in [-0.39, 0.29) is 37.4 Å². The lowest BCUT2D eigenvalue weighted by Crippen LogP contribution is -2.50. The number of nitrogens with one attached hydrogen (secondary N) is 2. The average Bonchev–Trinajstić information content (AvgIpc) is 3.41. The van der Waals surface area contributed by atoms with Gasteiger partial charge in [0.25, 0.3) is 5.91 Å². The molecule has 1 aliphatic carbocycles. The molecule has 3 amide bonds. The van der Waals surface area contributed by atoms with Crippen LogP contribution < -0.4 is 15.4 Å². The van der Waals surface area contributed by atoms with Crippen LogP contribution in [0.15, 0.2) is 47.1 Å². The first kappa shape index (κ1) is 25.3. The molecule has 1 atom stereocenters. The number of methoxy groups -OCH3 is 2. The molecule has 0 spiro atoms. The van der Waals surface area contributed by atoms with Gasteiger partial charge in [-0.3, -0.25) is 14.4 Å². The SMILES string of the molecule is COCCN(C(=O)CNC(=O)c1ccco1)[C@@H](C(=O)NC1CCCCC1)c1ccc(OC)cc1. The Bertz CT molecular complexity index is 923. The third kappa shape index (κ3) is 6.84. The second-order valence-corrected chi connectivity index (χ2v) is 8.26. The first-order valence-corrected chi connectivity index (χ1v) is 11.6. The second-order valence-electron chi connectivity index (χ2n) is 8.26. The van der Waals surface area contributed by atoms with E-state index in [0.717, 1.165) is 25.7 Å².